The fourth-order valence-electron chi connectivity index (χ4n) is 1.57. The molecule has 2 rings (SSSR count). The van der Waals surface area contributed by atoms with Crippen LogP contribution in [0, 0.1) is 0 Å². The second kappa shape index (κ2) is 11.3. The normalized spacial score (nSPS) is 9.50. The Morgan fingerprint density at radius 1 is 1.27 bits per heavy atom. The maximum absolute atomic E-state index is 11.8. The van der Waals surface area contributed by atoms with Crippen LogP contribution >= 0.6 is 36.6 Å². The van der Waals surface area contributed by atoms with E-state index in [1.807, 2.05) is 24.3 Å². The number of amides is 1. The first-order chi connectivity index (χ1) is 9.79. The fraction of sp³-hybridized carbons (Fsp3) is 0.308. The predicted octanol–water partition coefficient (Wildman–Crippen LogP) is 2.02. The van der Waals surface area contributed by atoms with Gasteiger partial charge in [0.25, 0.3) is 5.91 Å². The molecule has 1 aromatic heterocycles. The summed E-state index contributed by atoms with van der Waals surface area (Å²) in [6.45, 7) is 1.19. The van der Waals surface area contributed by atoms with E-state index in [2.05, 4.69) is 20.5 Å². The molecule has 1 amide bonds. The van der Waals surface area contributed by atoms with Crippen molar-refractivity contribution < 1.29 is 4.79 Å². The summed E-state index contributed by atoms with van der Waals surface area (Å²) in [7, 11) is 0. The van der Waals surface area contributed by atoms with Crippen LogP contribution in [0.2, 0.25) is 0 Å². The van der Waals surface area contributed by atoms with E-state index in [1.165, 1.54) is 6.33 Å². The van der Waals surface area contributed by atoms with E-state index in [0.717, 1.165) is 22.9 Å². The van der Waals surface area contributed by atoms with Crippen LogP contribution in [-0.4, -0.2) is 34.2 Å². The van der Waals surface area contributed by atoms with Crippen molar-refractivity contribution in [3.63, 3.8) is 0 Å². The number of carbonyl (C=O) groups is 1. The van der Waals surface area contributed by atoms with Gasteiger partial charge in [0.05, 0.1) is 0 Å². The maximum atomic E-state index is 11.8. The zero-order valence-electron chi connectivity index (χ0n) is 11.8. The number of H-pyrrole nitrogens is 1. The topological polar surface area (TPSA) is 96.7 Å². The molecule has 0 saturated carbocycles. The first kappa shape index (κ1) is 20.7. The summed E-state index contributed by atoms with van der Waals surface area (Å²) in [5.41, 5.74) is 7.17. The van der Waals surface area contributed by atoms with Gasteiger partial charge in [-0.2, -0.15) is 5.10 Å². The van der Waals surface area contributed by atoms with Crippen molar-refractivity contribution in [2.24, 2.45) is 5.73 Å². The minimum Gasteiger partial charge on any atom is -0.352 e. The standard InChI is InChI=1S/C13H17N5OS.2ClH/c14-6-1-7-15-12(19)11-4-2-10(3-5-11)8-20-13-16-9-17-18-13;;/h2-5,9H,1,6-8,14H2,(H,15,19)(H,16,17,18);2*1H. The molecule has 1 aromatic carbocycles. The number of nitrogens with zero attached hydrogens (tertiary/aromatic N) is 2. The number of rotatable bonds is 7. The molecule has 0 aliphatic heterocycles. The molecule has 0 bridgehead atoms. The number of hydrogen-bond donors (Lipinski definition) is 3. The average Bonchev–Trinajstić information content (AvgIpc) is 2.99. The van der Waals surface area contributed by atoms with Crippen molar-refractivity contribution in [3.05, 3.63) is 41.7 Å². The third-order valence-corrected chi connectivity index (χ3v) is 3.60. The summed E-state index contributed by atoms with van der Waals surface area (Å²) in [6.07, 6.45) is 2.27. The number of thioether (sulfide) groups is 1. The van der Waals surface area contributed by atoms with E-state index >= 15 is 0 Å². The van der Waals surface area contributed by atoms with Crippen LogP contribution < -0.4 is 11.1 Å². The molecule has 0 radical (unpaired) electrons. The van der Waals surface area contributed by atoms with Gasteiger partial charge in [0.1, 0.15) is 6.33 Å². The van der Waals surface area contributed by atoms with Crippen molar-refractivity contribution in [2.45, 2.75) is 17.3 Å². The first-order valence-corrected chi connectivity index (χ1v) is 7.33. The summed E-state index contributed by atoms with van der Waals surface area (Å²) in [5.74, 6) is 0.720. The van der Waals surface area contributed by atoms with Gasteiger partial charge in [-0.25, -0.2) is 4.98 Å². The van der Waals surface area contributed by atoms with Gasteiger partial charge < -0.3 is 11.1 Å². The molecule has 6 nitrogen and oxygen atoms in total. The number of benzene rings is 1. The Bertz CT molecular complexity index is 536. The van der Waals surface area contributed by atoms with Crippen LogP contribution in [0.4, 0.5) is 0 Å². The van der Waals surface area contributed by atoms with Gasteiger partial charge in [-0.05, 0) is 30.7 Å². The fourth-order valence-corrected chi connectivity index (χ4v) is 2.31. The summed E-state index contributed by atoms with van der Waals surface area (Å²) in [5, 5.41) is 10.2. The highest BCUT2D eigenvalue weighted by molar-refractivity contribution is 7.98. The molecule has 122 valence electrons. The molecule has 0 atom stereocenters. The number of nitrogens with one attached hydrogen (secondary N) is 2. The Balaban J connectivity index is 0.00000220. The van der Waals surface area contributed by atoms with E-state index in [4.69, 9.17) is 5.73 Å². The summed E-state index contributed by atoms with van der Waals surface area (Å²) in [4.78, 5) is 15.8. The summed E-state index contributed by atoms with van der Waals surface area (Å²) >= 11 is 1.57. The van der Waals surface area contributed by atoms with Crippen molar-refractivity contribution in [1.82, 2.24) is 20.5 Å². The largest absolute Gasteiger partial charge is 0.352 e. The van der Waals surface area contributed by atoms with Crippen LogP contribution in [0.15, 0.2) is 35.7 Å². The molecule has 9 heteroatoms. The average molecular weight is 364 g/mol. The third-order valence-electron chi connectivity index (χ3n) is 2.65. The first-order valence-electron chi connectivity index (χ1n) is 6.35. The molecule has 0 aliphatic rings. The van der Waals surface area contributed by atoms with Crippen molar-refractivity contribution in [2.75, 3.05) is 13.1 Å². The second-order valence-electron chi connectivity index (χ2n) is 4.17. The van der Waals surface area contributed by atoms with Crippen LogP contribution in [-0.2, 0) is 5.75 Å². The van der Waals surface area contributed by atoms with Gasteiger partial charge in [-0.15, -0.1) is 24.8 Å². The summed E-state index contributed by atoms with van der Waals surface area (Å²) < 4.78 is 0. The Kier molecular flexibility index (Phi) is 10.7. The van der Waals surface area contributed by atoms with E-state index in [9.17, 15) is 4.79 Å². The molecule has 22 heavy (non-hydrogen) atoms. The van der Waals surface area contributed by atoms with Crippen molar-refractivity contribution in [3.8, 4) is 0 Å². The van der Waals surface area contributed by atoms with Crippen molar-refractivity contribution in [1.29, 1.82) is 0 Å². The second-order valence-corrected chi connectivity index (χ2v) is 5.14. The molecule has 4 N–H and O–H groups in total. The lowest BCUT2D eigenvalue weighted by molar-refractivity contribution is 0.0953. The Morgan fingerprint density at radius 3 is 2.59 bits per heavy atom. The molecule has 0 fully saturated rings. The highest BCUT2D eigenvalue weighted by atomic mass is 35.5. The highest BCUT2D eigenvalue weighted by Crippen LogP contribution is 2.18. The molecule has 0 unspecified atom stereocenters. The van der Waals surface area contributed by atoms with E-state index in [-0.39, 0.29) is 30.7 Å². The lowest BCUT2D eigenvalue weighted by Crippen LogP contribution is -2.25. The monoisotopic (exact) mass is 363 g/mol. The molecule has 2 aromatic rings. The quantitative estimate of drug-likeness (QED) is 0.516. The van der Waals surface area contributed by atoms with E-state index in [1.54, 1.807) is 11.8 Å². The highest BCUT2D eigenvalue weighted by Gasteiger charge is 2.05. The molecule has 0 saturated heterocycles. The number of carbonyl (C=O) groups excluding carboxylic acids is 1. The van der Waals surface area contributed by atoms with Crippen LogP contribution in [0.25, 0.3) is 0 Å². The van der Waals surface area contributed by atoms with Gasteiger partial charge in [0.15, 0.2) is 5.16 Å². The van der Waals surface area contributed by atoms with Gasteiger partial charge in [0, 0.05) is 17.9 Å². The van der Waals surface area contributed by atoms with Crippen LogP contribution in [0.1, 0.15) is 22.3 Å². The van der Waals surface area contributed by atoms with Gasteiger partial charge >= 0.3 is 0 Å². The van der Waals surface area contributed by atoms with E-state index < -0.39 is 0 Å². The molecule has 0 spiro atoms. The maximum Gasteiger partial charge on any atom is 0.251 e. The van der Waals surface area contributed by atoms with E-state index in [0.29, 0.717) is 18.7 Å². The lowest BCUT2D eigenvalue weighted by Gasteiger charge is -2.05. The number of nitrogens with two attached hydrogens (primary N) is 1. The summed E-state index contributed by atoms with van der Waals surface area (Å²) in [6, 6.07) is 7.55. The lowest BCUT2D eigenvalue weighted by atomic mass is 10.1. The minimum atomic E-state index is -0.0621. The Labute approximate surface area is 145 Å². The smallest absolute Gasteiger partial charge is 0.251 e. The van der Waals surface area contributed by atoms with Crippen LogP contribution in [0.3, 0.4) is 0 Å². The third kappa shape index (κ3) is 6.65. The zero-order valence-corrected chi connectivity index (χ0v) is 14.3. The molecule has 1 heterocycles. The van der Waals surface area contributed by atoms with Crippen molar-refractivity contribution >= 4 is 42.5 Å². The Hall–Kier alpha value is -1.28. The van der Waals surface area contributed by atoms with Gasteiger partial charge in [-0.1, -0.05) is 23.9 Å². The SMILES string of the molecule is Cl.Cl.NCCCNC(=O)c1ccc(CSc2ncn[nH]2)cc1. The molecular formula is C13H19Cl2N5OS. The van der Waals surface area contributed by atoms with Gasteiger partial charge in [0.2, 0.25) is 0 Å². The predicted molar refractivity (Wildman–Crippen MR) is 92.9 cm³/mol. The number of halogens is 2. The number of aromatic amines is 1. The number of aromatic nitrogens is 3. The van der Waals surface area contributed by atoms with Crippen LogP contribution in [0.5, 0.6) is 0 Å². The molecule has 0 aliphatic carbocycles. The number of hydrogen-bond acceptors (Lipinski definition) is 5. The zero-order chi connectivity index (χ0) is 14.2. The van der Waals surface area contributed by atoms with Gasteiger partial charge in [-0.3, -0.25) is 9.89 Å². The Morgan fingerprint density at radius 2 is 2.00 bits per heavy atom. The molecular weight excluding hydrogens is 345 g/mol. The minimum absolute atomic E-state index is 0.